The maximum absolute atomic E-state index is 12.7. The number of benzene rings is 1. The number of piperidine rings is 1. The standard InChI is InChI=1S/C19H28N2O4S/c1-15(2)14-25-18-8-11-20(12-9-18)19(22)16-4-6-17(7-5-16)21-10-3-13-26(21,23)24/h4-7,15,18H,3,8-14H2,1-2H3. The molecule has 1 amide bonds. The van der Waals surface area contributed by atoms with Gasteiger partial charge >= 0.3 is 0 Å². The highest BCUT2D eigenvalue weighted by molar-refractivity contribution is 7.93. The Morgan fingerprint density at radius 3 is 2.35 bits per heavy atom. The molecule has 7 heteroatoms. The van der Waals surface area contributed by atoms with E-state index in [1.54, 1.807) is 24.3 Å². The first-order chi connectivity index (χ1) is 12.4. The van der Waals surface area contributed by atoms with Crippen molar-refractivity contribution in [3.05, 3.63) is 29.8 Å². The van der Waals surface area contributed by atoms with Crippen molar-refractivity contribution in [2.24, 2.45) is 5.92 Å². The van der Waals surface area contributed by atoms with Gasteiger partial charge in [-0.25, -0.2) is 8.42 Å². The number of carbonyl (C=O) groups is 1. The zero-order valence-electron chi connectivity index (χ0n) is 15.6. The Balaban J connectivity index is 1.57. The molecule has 2 saturated heterocycles. The lowest BCUT2D eigenvalue weighted by Gasteiger charge is -2.32. The lowest BCUT2D eigenvalue weighted by molar-refractivity contribution is -0.00231. The van der Waals surface area contributed by atoms with Gasteiger partial charge in [-0.15, -0.1) is 0 Å². The molecule has 0 bridgehead atoms. The topological polar surface area (TPSA) is 66.9 Å². The van der Waals surface area contributed by atoms with Crippen LogP contribution >= 0.6 is 0 Å². The number of likely N-dealkylation sites (tertiary alicyclic amines) is 1. The average molecular weight is 381 g/mol. The first-order valence-corrected chi connectivity index (χ1v) is 11.0. The monoisotopic (exact) mass is 380 g/mol. The third-order valence-electron chi connectivity index (χ3n) is 4.90. The Labute approximate surface area is 156 Å². The quantitative estimate of drug-likeness (QED) is 0.787. The second-order valence-corrected chi connectivity index (χ2v) is 9.52. The van der Waals surface area contributed by atoms with Crippen LogP contribution in [0, 0.1) is 5.92 Å². The van der Waals surface area contributed by atoms with Gasteiger partial charge in [-0.05, 0) is 49.4 Å². The minimum Gasteiger partial charge on any atom is -0.378 e. The zero-order chi connectivity index (χ0) is 18.7. The molecule has 1 aromatic rings. The molecular formula is C19H28N2O4S. The van der Waals surface area contributed by atoms with E-state index in [0.717, 1.165) is 19.4 Å². The van der Waals surface area contributed by atoms with Crippen LogP contribution in [0.4, 0.5) is 5.69 Å². The Kier molecular flexibility index (Phi) is 5.87. The van der Waals surface area contributed by atoms with E-state index in [2.05, 4.69) is 13.8 Å². The molecule has 0 atom stereocenters. The number of hydrogen-bond acceptors (Lipinski definition) is 4. The highest BCUT2D eigenvalue weighted by atomic mass is 32.2. The van der Waals surface area contributed by atoms with Crippen molar-refractivity contribution in [1.29, 1.82) is 0 Å². The molecule has 0 aromatic heterocycles. The Morgan fingerprint density at radius 2 is 1.81 bits per heavy atom. The Hall–Kier alpha value is -1.60. The molecule has 0 radical (unpaired) electrons. The van der Waals surface area contributed by atoms with E-state index in [-0.39, 0.29) is 17.8 Å². The van der Waals surface area contributed by atoms with Crippen molar-refractivity contribution in [2.45, 2.75) is 39.2 Å². The van der Waals surface area contributed by atoms with Gasteiger partial charge in [-0.1, -0.05) is 13.8 Å². The number of ether oxygens (including phenoxy) is 1. The van der Waals surface area contributed by atoms with Crippen LogP contribution in [0.2, 0.25) is 0 Å². The van der Waals surface area contributed by atoms with E-state index in [1.165, 1.54) is 4.31 Å². The second kappa shape index (κ2) is 7.96. The summed E-state index contributed by atoms with van der Waals surface area (Å²) in [4.78, 5) is 14.5. The van der Waals surface area contributed by atoms with Gasteiger partial charge in [0.25, 0.3) is 5.91 Å². The van der Waals surface area contributed by atoms with Gasteiger partial charge in [-0.3, -0.25) is 9.10 Å². The third kappa shape index (κ3) is 4.38. The highest BCUT2D eigenvalue weighted by Crippen LogP contribution is 2.25. The molecule has 2 aliphatic rings. The van der Waals surface area contributed by atoms with Crippen molar-refractivity contribution < 1.29 is 17.9 Å². The number of sulfonamides is 1. The molecule has 0 aliphatic carbocycles. The molecule has 0 N–H and O–H groups in total. The molecular weight excluding hydrogens is 352 g/mol. The van der Waals surface area contributed by atoms with Gasteiger partial charge < -0.3 is 9.64 Å². The fourth-order valence-corrected chi connectivity index (χ4v) is 5.00. The number of anilines is 1. The predicted molar refractivity (Wildman–Crippen MR) is 102 cm³/mol. The third-order valence-corrected chi connectivity index (χ3v) is 6.77. The van der Waals surface area contributed by atoms with E-state index >= 15 is 0 Å². The molecule has 0 spiro atoms. The first-order valence-electron chi connectivity index (χ1n) is 9.38. The highest BCUT2D eigenvalue weighted by Gasteiger charge is 2.29. The lowest BCUT2D eigenvalue weighted by Crippen LogP contribution is -2.41. The summed E-state index contributed by atoms with van der Waals surface area (Å²) < 4.78 is 31.3. The molecule has 144 valence electrons. The van der Waals surface area contributed by atoms with Crippen LogP contribution in [0.1, 0.15) is 43.5 Å². The summed E-state index contributed by atoms with van der Waals surface area (Å²) in [6.45, 7) is 6.94. The molecule has 3 rings (SSSR count). The Morgan fingerprint density at radius 1 is 1.15 bits per heavy atom. The molecule has 0 unspecified atom stereocenters. The van der Waals surface area contributed by atoms with Crippen LogP contribution in [0.5, 0.6) is 0 Å². The number of carbonyl (C=O) groups excluding carboxylic acids is 1. The average Bonchev–Trinajstić information content (AvgIpc) is 2.99. The van der Waals surface area contributed by atoms with Crippen LogP contribution in [0.25, 0.3) is 0 Å². The van der Waals surface area contributed by atoms with Crippen LogP contribution in [-0.4, -0.2) is 57.3 Å². The minimum atomic E-state index is -3.19. The summed E-state index contributed by atoms with van der Waals surface area (Å²) in [6.07, 6.45) is 2.62. The maximum Gasteiger partial charge on any atom is 0.253 e. The smallest absolute Gasteiger partial charge is 0.253 e. The summed E-state index contributed by atoms with van der Waals surface area (Å²) in [5.41, 5.74) is 1.24. The first kappa shape index (κ1) is 19.2. The van der Waals surface area contributed by atoms with E-state index < -0.39 is 10.0 Å². The van der Waals surface area contributed by atoms with Crippen molar-refractivity contribution >= 4 is 21.6 Å². The van der Waals surface area contributed by atoms with Gasteiger partial charge in [0, 0.05) is 31.8 Å². The summed E-state index contributed by atoms with van der Waals surface area (Å²) in [5, 5.41) is 0. The largest absolute Gasteiger partial charge is 0.378 e. The van der Waals surface area contributed by atoms with Crippen LogP contribution in [0.3, 0.4) is 0 Å². The van der Waals surface area contributed by atoms with Gasteiger partial charge in [0.15, 0.2) is 0 Å². The van der Waals surface area contributed by atoms with Crippen LogP contribution in [-0.2, 0) is 14.8 Å². The number of hydrogen-bond donors (Lipinski definition) is 0. The molecule has 2 aliphatic heterocycles. The molecule has 2 fully saturated rings. The van der Waals surface area contributed by atoms with E-state index in [4.69, 9.17) is 4.74 Å². The van der Waals surface area contributed by atoms with Gasteiger partial charge in [0.1, 0.15) is 0 Å². The summed E-state index contributed by atoms with van der Waals surface area (Å²) in [5.74, 6) is 0.720. The predicted octanol–water partition coefficient (Wildman–Crippen LogP) is 2.50. The van der Waals surface area contributed by atoms with Gasteiger partial charge in [-0.2, -0.15) is 0 Å². The SMILES string of the molecule is CC(C)COC1CCN(C(=O)c2ccc(N3CCCS3(=O)=O)cc2)CC1. The second-order valence-electron chi connectivity index (χ2n) is 7.51. The summed E-state index contributed by atoms with van der Waals surface area (Å²) >= 11 is 0. The van der Waals surface area contributed by atoms with E-state index in [1.807, 2.05) is 4.90 Å². The van der Waals surface area contributed by atoms with Crippen molar-refractivity contribution in [2.75, 3.05) is 36.3 Å². The molecule has 2 heterocycles. The fraction of sp³-hybridized carbons (Fsp3) is 0.632. The van der Waals surface area contributed by atoms with Crippen molar-refractivity contribution in [1.82, 2.24) is 4.90 Å². The van der Waals surface area contributed by atoms with Crippen molar-refractivity contribution in [3.63, 3.8) is 0 Å². The number of amides is 1. The van der Waals surface area contributed by atoms with Crippen LogP contribution < -0.4 is 4.31 Å². The lowest BCUT2D eigenvalue weighted by atomic mass is 10.1. The maximum atomic E-state index is 12.7. The summed E-state index contributed by atoms with van der Waals surface area (Å²) in [7, 11) is -3.19. The van der Waals surface area contributed by atoms with E-state index in [0.29, 0.717) is 43.2 Å². The molecule has 26 heavy (non-hydrogen) atoms. The van der Waals surface area contributed by atoms with Gasteiger partial charge in [0.2, 0.25) is 10.0 Å². The minimum absolute atomic E-state index is 0.00291. The Bertz CT molecular complexity index is 722. The van der Waals surface area contributed by atoms with Crippen molar-refractivity contribution in [3.8, 4) is 0 Å². The van der Waals surface area contributed by atoms with Gasteiger partial charge in [0.05, 0.1) is 17.5 Å². The summed E-state index contributed by atoms with van der Waals surface area (Å²) in [6, 6.07) is 6.92. The molecule has 6 nitrogen and oxygen atoms in total. The normalized spacial score (nSPS) is 20.7. The number of nitrogens with zero attached hydrogens (tertiary/aromatic N) is 2. The molecule has 0 saturated carbocycles. The zero-order valence-corrected chi connectivity index (χ0v) is 16.4. The van der Waals surface area contributed by atoms with Crippen LogP contribution in [0.15, 0.2) is 24.3 Å². The fourth-order valence-electron chi connectivity index (χ4n) is 3.44. The number of rotatable bonds is 5. The molecule has 1 aromatic carbocycles. The van der Waals surface area contributed by atoms with E-state index in [9.17, 15) is 13.2 Å².